The number of carbonyl (C=O) groups is 1. The number of aromatic nitrogens is 1. The van der Waals surface area contributed by atoms with Gasteiger partial charge in [0.05, 0.1) is 18.2 Å². The highest BCUT2D eigenvalue weighted by Gasteiger charge is 2.30. The van der Waals surface area contributed by atoms with Gasteiger partial charge in [-0.15, -0.1) is 12.4 Å². The molecule has 0 aliphatic carbocycles. The minimum Gasteiger partial charge on any atom is -0.360 e. The van der Waals surface area contributed by atoms with E-state index in [1.54, 1.807) is 0 Å². The quantitative estimate of drug-likeness (QED) is 0.898. The largest absolute Gasteiger partial charge is 0.360 e. The molecule has 1 N–H and O–H groups in total. The van der Waals surface area contributed by atoms with Crippen molar-refractivity contribution in [1.82, 2.24) is 20.3 Å². The molecule has 1 unspecified atom stereocenters. The third-order valence-corrected chi connectivity index (χ3v) is 4.34. The minimum absolute atomic E-state index is 0. The van der Waals surface area contributed by atoms with Crippen molar-refractivity contribution in [2.75, 3.05) is 39.3 Å². The molecule has 3 rings (SSSR count). The molecule has 0 spiro atoms. The van der Waals surface area contributed by atoms with Gasteiger partial charge in [0.2, 0.25) is 5.91 Å². The average Bonchev–Trinajstić information content (AvgIpc) is 2.93. The fourth-order valence-electron chi connectivity index (χ4n) is 3.26. The first kappa shape index (κ1) is 17.2. The number of hydrogen-bond acceptors (Lipinski definition) is 5. The highest BCUT2D eigenvalue weighted by atomic mass is 35.5. The fourth-order valence-corrected chi connectivity index (χ4v) is 3.26. The summed E-state index contributed by atoms with van der Waals surface area (Å²) in [4.78, 5) is 16.9. The van der Waals surface area contributed by atoms with Crippen molar-refractivity contribution in [2.24, 2.45) is 5.92 Å². The number of halogens is 1. The van der Waals surface area contributed by atoms with E-state index in [2.05, 4.69) is 15.4 Å². The third-order valence-electron chi connectivity index (χ3n) is 4.34. The minimum atomic E-state index is 0. The average molecular weight is 329 g/mol. The van der Waals surface area contributed by atoms with Crippen molar-refractivity contribution in [3.05, 3.63) is 17.5 Å². The second-order valence-electron chi connectivity index (χ2n) is 6.08. The Kier molecular flexibility index (Phi) is 6.23. The number of nitrogens with zero attached hydrogens (tertiary/aromatic N) is 3. The Labute approximate surface area is 137 Å². The first-order valence-corrected chi connectivity index (χ1v) is 7.86. The number of amides is 1. The Bertz CT molecular complexity index is 488. The van der Waals surface area contributed by atoms with Crippen LogP contribution in [0.4, 0.5) is 0 Å². The Hall–Kier alpha value is -1.11. The first-order valence-electron chi connectivity index (χ1n) is 7.86. The summed E-state index contributed by atoms with van der Waals surface area (Å²) in [5, 5.41) is 7.22. The summed E-state index contributed by atoms with van der Waals surface area (Å²) in [6.07, 6.45) is 2.09. The van der Waals surface area contributed by atoms with Crippen molar-refractivity contribution in [3.63, 3.8) is 0 Å². The van der Waals surface area contributed by atoms with Gasteiger partial charge in [0.15, 0.2) is 5.76 Å². The van der Waals surface area contributed by atoms with Crippen molar-refractivity contribution in [1.29, 1.82) is 0 Å². The maximum atomic E-state index is 12.6. The Morgan fingerprint density at radius 2 is 2.18 bits per heavy atom. The smallest absolute Gasteiger partial charge is 0.227 e. The van der Waals surface area contributed by atoms with Gasteiger partial charge in [-0.25, -0.2) is 0 Å². The van der Waals surface area contributed by atoms with Crippen molar-refractivity contribution < 1.29 is 9.32 Å². The zero-order chi connectivity index (χ0) is 14.7. The highest BCUT2D eigenvalue weighted by molar-refractivity contribution is 5.85. The third kappa shape index (κ3) is 4.21. The van der Waals surface area contributed by atoms with Gasteiger partial charge in [-0.2, -0.15) is 0 Å². The monoisotopic (exact) mass is 328 g/mol. The molecule has 0 aromatic carbocycles. The highest BCUT2D eigenvalue weighted by Crippen LogP contribution is 2.21. The molecule has 1 aromatic rings. The molecule has 6 nitrogen and oxygen atoms in total. The van der Waals surface area contributed by atoms with E-state index < -0.39 is 0 Å². The molecule has 0 radical (unpaired) electrons. The van der Waals surface area contributed by atoms with Gasteiger partial charge in [0, 0.05) is 38.8 Å². The predicted octanol–water partition coefficient (Wildman–Crippen LogP) is 1.05. The second kappa shape index (κ2) is 7.94. The van der Waals surface area contributed by atoms with Gasteiger partial charge < -0.3 is 14.7 Å². The van der Waals surface area contributed by atoms with Crippen LogP contribution in [-0.2, 0) is 11.3 Å². The molecule has 3 heterocycles. The molecular weight excluding hydrogens is 304 g/mol. The van der Waals surface area contributed by atoms with Gasteiger partial charge in [-0.3, -0.25) is 9.69 Å². The lowest BCUT2D eigenvalue weighted by Crippen LogP contribution is -2.51. The van der Waals surface area contributed by atoms with Crippen molar-refractivity contribution in [3.8, 4) is 0 Å². The maximum Gasteiger partial charge on any atom is 0.227 e. The van der Waals surface area contributed by atoms with Crippen molar-refractivity contribution >= 4 is 18.3 Å². The number of likely N-dealkylation sites (tertiary alicyclic amines) is 1. The van der Waals surface area contributed by atoms with Crippen LogP contribution in [0.2, 0.25) is 0 Å². The molecule has 1 atom stereocenters. The Morgan fingerprint density at radius 3 is 2.86 bits per heavy atom. The second-order valence-corrected chi connectivity index (χ2v) is 6.08. The summed E-state index contributed by atoms with van der Waals surface area (Å²) in [5.74, 6) is 1.36. The van der Waals surface area contributed by atoms with Crippen LogP contribution in [0.1, 0.15) is 24.3 Å². The maximum absolute atomic E-state index is 12.6. The molecule has 7 heteroatoms. The molecule has 2 fully saturated rings. The van der Waals surface area contributed by atoms with Gasteiger partial charge in [-0.1, -0.05) is 5.16 Å². The summed E-state index contributed by atoms with van der Waals surface area (Å²) < 4.78 is 5.28. The van der Waals surface area contributed by atoms with Gasteiger partial charge in [-0.05, 0) is 26.3 Å². The lowest BCUT2D eigenvalue weighted by atomic mass is 9.96. The van der Waals surface area contributed by atoms with Crippen LogP contribution in [0.15, 0.2) is 10.6 Å². The molecule has 0 saturated carbocycles. The standard InChI is InChI=1S/C15H24N4O2.ClH/c1-12-9-14(21-17-12)11-18-6-2-3-13(10-18)15(20)19-7-4-16-5-8-19;/h9,13,16H,2-8,10-11H2,1H3;1H. The van der Waals surface area contributed by atoms with Gasteiger partial charge in [0.1, 0.15) is 0 Å². The molecule has 2 aliphatic rings. The zero-order valence-electron chi connectivity index (χ0n) is 13.1. The van der Waals surface area contributed by atoms with E-state index >= 15 is 0 Å². The normalized spacial score (nSPS) is 23.1. The molecule has 2 aliphatic heterocycles. The Balaban J connectivity index is 0.00000176. The molecule has 2 saturated heterocycles. The fraction of sp³-hybridized carbons (Fsp3) is 0.733. The van der Waals surface area contributed by atoms with Crippen LogP contribution in [-0.4, -0.2) is 60.1 Å². The van der Waals surface area contributed by atoms with Crippen LogP contribution >= 0.6 is 12.4 Å². The van der Waals surface area contributed by atoms with E-state index in [-0.39, 0.29) is 18.3 Å². The van der Waals surface area contributed by atoms with Crippen LogP contribution in [0.25, 0.3) is 0 Å². The molecule has 1 amide bonds. The van der Waals surface area contributed by atoms with E-state index in [4.69, 9.17) is 4.52 Å². The lowest BCUT2D eigenvalue weighted by molar-refractivity contribution is -0.138. The molecule has 22 heavy (non-hydrogen) atoms. The zero-order valence-corrected chi connectivity index (χ0v) is 13.9. The molecule has 1 aromatic heterocycles. The number of aryl methyl sites for hydroxylation is 1. The molecule has 0 bridgehead atoms. The number of hydrogen-bond donors (Lipinski definition) is 1. The predicted molar refractivity (Wildman–Crippen MR) is 85.9 cm³/mol. The Morgan fingerprint density at radius 1 is 1.41 bits per heavy atom. The van der Waals surface area contributed by atoms with E-state index in [1.807, 2.05) is 17.9 Å². The summed E-state index contributed by atoms with van der Waals surface area (Å²) in [6, 6.07) is 1.97. The summed E-state index contributed by atoms with van der Waals surface area (Å²) in [6.45, 7) is 8.08. The van der Waals surface area contributed by atoms with E-state index in [0.29, 0.717) is 5.91 Å². The van der Waals surface area contributed by atoms with Crippen LogP contribution in [0.3, 0.4) is 0 Å². The molecular formula is C15H25ClN4O2. The van der Waals surface area contributed by atoms with Crippen molar-refractivity contribution in [2.45, 2.75) is 26.3 Å². The number of nitrogens with one attached hydrogen (secondary N) is 1. The van der Waals surface area contributed by atoms with Crippen LogP contribution < -0.4 is 5.32 Å². The van der Waals surface area contributed by atoms with Crippen LogP contribution in [0.5, 0.6) is 0 Å². The number of piperidine rings is 1. The topological polar surface area (TPSA) is 61.6 Å². The number of rotatable bonds is 3. The first-order chi connectivity index (χ1) is 10.2. The van der Waals surface area contributed by atoms with Gasteiger partial charge in [0.25, 0.3) is 0 Å². The van der Waals surface area contributed by atoms with Crippen LogP contribution in [0, 0.1) is 12.8 Å². The SMILES string of the molecule is Cc1cc(CN2CCCC(C(=O)N3CCNCC3)C2)on1.Cl. The number of carbonyl (C=O) groups excluding carboxylic acids is 1. The molecule has 124 valence electrons. The van der Waals surface area contributed by atoms with Gasteiger partial charge >= 0.3 is 0 Å². The van der Waals surface area contributed by atoms with E-state index in [1.165, 1.54) is 0 Å². The lowest BCUT2D eigenvalue weighted by Gasteiger charge is -2.36. The summed E-state index contributed by atoms with van der Waals surface area (Å²) in [5.41, 5.74) is 0.912. The summed E-state index contributed by atoms with van der Waals surface area (Å²) in [7, 11) is 0. The van der Waals surface area contributed by atoms with E-state index in [0.717, 1.165) is 70.1 Å². The van der Waals surface area contributed by atoms with E-state index in [9.17, 15) is 4.79 Å². The summed E-state index contributed by atoms with van der Waals surface area (Å²) >= 11 is 0. The number of piperazine rings is 1.